The van der Waals surface area contributed by atoms with Gasteiger partial charge in [0.25, 0.3) is 0 Å². The van der Waals surface area contributed by atoms with Gasteiger partial charge in [-0.2, -0.15) is 0 Å². The lowest BCUT2D eigenvalue weighted by atomic mass is 10.2. The highest BCUT2D eigenvalue weighted by Crippen LogP contribution is 2.20. The Labute approximate surface area is 113 Å². The van der Waals surface area contributed by atoms with Crippen LogP contribution in [0.4, 0.5) is 0 Å². The van der Waals surface area contributed by atoms with Crippen LogP contribution >= 0.6 is 0 Å². The number of ether oxygens (including phenoxy) is 1. The fourth-order valence-corrected chi connectivity index (χ4v) is 1.99. The summed E-state index contributed by atoms with van der Waals surface area (Å²) in [7, 11) is 0. The van der Waals surface area contributed by atoms with Gasteiger partial charge in [0, 0.05) is 17.8 Å². The van der Waals surface area contributed by atoms with Gasteiger partial charge in [0.1, 0.15) is 23.9 Å². The van der Waals surface area contributed by atoms with Crippen LogP contribution in [0.2, 0.25) is 0 Å². The summed E-state index contributed by atoms with van der Waals surface area (Å²) in [4.78, 5) is 4.47. The maximum absolute atomic E-state index is 5.78. The number of hydrogen-bond acceptors (Lipinski definition) is 4. The molecule has 102 valence electrons. The molecular formula is C15H20N2O2. The normalized spacial score (nSPS) is 10.7. The molecule has 0 aliphatic carbocycles. The van der Waals surface area contributed by atoms with Crippen molar-refractivity contribution in [1.29, 1.82) is 0 Å². The average molecular weight is 260 g/mol. The van der Waals surface area contributed by atoms with Crippen molar-refractivity contribution in [2.45, 2.75) is 40.3 Å². The number of nitrogens with zero attached hydrogens (tertiary/aromatic N) is 1. The molecule has 0 saturated carbocycles. The molecule has 0 saturated heterocycles. The van der Waals surface area contributed by atoms with E-state index in [0.717, 1.165) is 40.6 Å². The SMILES string of the molecule is CCc1nc(C)ccc1OCc1cc(CN)c(C)o1. The number of pyridine rings is 1. The molecule has 2 N–H and O–H groups in total. The monoisotopic (exact) mass is 260 g/mol. The topological polar surface area (TPSA) is 61.3 Å². The molecule has 0 unspecified atom stereocenters. The molecule has 4 heteroatoms. The minimum atomic E-state index is 0.401. The molecule has 2 aromatic rings. The third-order valence-electron chi connectivity index (χ3n) is 3.07. The van der Waals surface area contributed by atoms with E-state index in [1.807, 2.05) is 32.0 Å². The Morgan fingerprint density at radius 1 is 1.32 bits per heavy atom. The van der Waals surface area contributed by atoms with Crippen molar-refractivity contribution in [3.63, 3.8) is 0 Å². The summed E-state index contributed by atoms with van der Waals surface area (Å²) in [6, 6.07) is 5.86. The molecule has 0 aliphatic rings. The van der Waals surface area contributed by atoms with Crippen molar-refractivity contribution < 1.29 is 9.15 Å². The second kappa shape index (κ2) is 5.89. The molecule has 0 aromatic carbocycles. The molecule has 0 fully saturated rings. The first-order chi connectivity index (χ1) is 9.13. The highest BCUT2D eigenvalue weighted by atomic mass is 16.5. The predicted octanol–water partition coefficient (Wildman–Crippen LogP) is 2.89. The Morgan fingerprint density at radius 2 is 2.11 bits per heavy atom. The third-order valence-corrected chi connectivity index (χ3v) is 3.07. The van der Waals surface area contributed by atoms with Crippen LogP contribution in [0.15, 0.2) is 22.6 Å². The number of hydrogen-bond donors (Lipinski definition) is 1. The van der Waals surface area contributed by atoms with Crippen molar-refractivity contribution in [1.82, 2.24) is 4.98 Å². The van der Waals surface area contributed by atoms with Gasteiger partial charge >= 0.3 is 0 Å². The standard InChI is InChI=1S/C15H20N2O2/c1-4-14-15(6-5-10(2)17-14)18-9-13-7-12(8-16)11(3)19-13/h5-7H,4,8-9,16H2,1-3H3. The van der Waals surface area contributed by atoms with Gasteiger partial charge in [-0.25, -0.2) is 0 Å². The zero-order valence-corrected chi connectivity index (χ0v) is 11.7. The minimum absolute atomic E-state index is 0.401. The molecule has 0 atom stereocenters. The number of furan rings is 1. The summed E-state index contributed by atoms with van der Waals surface area (Å²) in [5.41, 5.74) is 8.62. The van der Waals surface area contributed by atoms with Gasteiger partial charge < -0.3 is 14.9 Å². The van der Waals surface area contributed by atoms with E-state index in [1.165, 1.54) is 0 Å². The van der Waals surface area contributed by atoms with Crippen LogP contribution in [0.25, 0.3) is 0 Å². The Bertz CT molecular complexity index is 561. The summed E-state index contributed by atoms with van der Waals surface area (Å²) in [5.74, 6) is 2.47. The first kappa shape index (κ1) is 13.6. The van der Waals surface area contributed by atoms with E-state index in [1.54, 1.807) is 0 Å². The van der Waals surface area contributed by atoms with Gasteiger partial charge in [-0.05, 0) is 38.5 Å². The van der Waals surface area contributed by atoms with E-state index in [0.29, 0.717) is 13.2 Å². The van der Waals surface area contributed by atoms with Gasteiger partial charge in [0.05, 0.1) is 5.69 Å². The maximum Gasteiger partial charge on any atom is 0.146 e. The Morgan fingerprint density at radius 3 is 2.74 bits per heavy atom. The highest BCUT2D eigenvalue weighted by molar-refractivity contribution is 5.29. The van der Waals surface area contributed by atoms with E-state index in [9.17, 15) is 0 Å². The molecule has 0 bridgehead atoms. The molecule has 0 spiro atoms. The second-order valence-corrected chi connectivity index (χ2v) is 4.54. The molecule has 4 nitrogen and oxygen atoms in total. The summed E-state index contributed by atoms with van der Waals surface area (Å²) >= 11 is 0. The van der Waals surface area contributed by atoms with Crippen LogP contribution in [-0.4, -0.2) is 4.98 Å². The van der Waals surface area contributed by atoms with E-state index in [2.05, 4.69) is 11.9 Å². The van der Waals surface area contributed by atoms with Gasteiger partial charge in [0.15, 0.2) is 0 Å². The molecule has 2 heterocycles. The van der Waals surface area contributed by atoms with Gasteiger partial charge in [-0.15, -0.1) is 0 Å². The van der Waals surface area contributed by atoms with E-state index in [-0.39, 0.29) is 0 Å². The van der Waals surface area contributed by atoms with Crippen molar-refractivity contribution in [3.05, 3.63) is 46.7 Å². The Kier molecular flexibility index (Phi) is 4.22. The Hall–Kier alpha value is -1.81. The number of rotatable bonds is 5. The highest BCUT2D eigenvalue weighted by Gasteiger charge is 2.09. The fourth-order valence-electron chi connectivity index (χ4n) is 1.99. The van der Waals surface area contributed by atoms with Gasteiger partial charge in [-0.3, -0.25) is 4.98 Å². The summed E-state index contributed by atoms with van der Waals surface area (Å²) in [5, 5.41) is 0. The molecule has 2 aromatic heterocycles. The molecular weight excluding hydrogens is 240 g/mol. The molecule has 0 amide bonds. The molecule has 19 heavy (non-hydrogen) atoms. The number of aromatic nitrogens is 1. The first-order valence-electron chi connectivity index (χ1n) is 6.51. The van der Waals surface area contributed by atoms with E-state index >= 15 is 0 Å². The van der Waals surface area contributed by atoms with Crippen molar-refractivity contribution >= 4 is 0 Å². The Balaban J connectivity index is 2.09. The first-order valence-corrected chi connectivity index (χ1v) is 6.51. The van der Waals surface area contributed by atoms with Gasteiger partial charge in [-0.1, -0.05) is 6.92 Å². The van der Waals surface area contributed by atoms with E-state index < -0.39 is 0 Å². The molecule has 0 aliphatic heterocycles. The third kappa shape index (κ3) is 3.15. The zero-order valence-electron chi connectivity index (χ0n) is 11.7. The van der Waals surface area contributed by atoms with Gasteiger partial charge in [0.2, 0.25) is 0 Å². The maximum atomic E-state index is 5.78. The van der Waals surface area contributed by atoms with Crippen LogP contribution < -0.4 is 10.5 Å². The second-order valence-electron chi connectivity index (χ2n) is 4.54. The van der Waals surface area contributed by atoms with E-state index in [4.69, 9.17) is 14.9 Å². The van der Waals surface area contributed by atoms with Crippen molar-refractivity contribution in [3.8, 4) is 5.75 Å². The lowest BCUT2D eigenvalue weighted by Crippen LogP contribution is -2.00. The van der Waals surface area contributed by atoms with Crippen LogP contribution in [0.5, 0.6) is 5.75 Å². The number of aryl methyl sites for hydroxylation is 3. The molecule has 0 radical (unpaired) electrons. The predicted molar refractivity (Wildman–Crippen MR) is 74.0 cm³/mol. The largest absolute Gasteiger partial charge is 0.484 e. The quantitative estimate of drug-likeness (QED) is 0.898. The van der Waals surface area contributed by atoms with Crippen molar-refractivity contribution in [2.75, 3.05) is 0 Å². The average Bonchev–Trinajstić information content (AvgIpc) is 2.77. The molecule has 2 rings (SSSR count). The van der Waals surface area contributed by atoms with Crippen LogP contribution in [0.1, 0.15) is 35.4 Å². The lowest BCUT2D eigenvalue weighted by molar-refractivity contribution is 0.264. The number of nitrogens with two attached hydrogens (primary N) is 1. The zero-order chi connectivity index (χ0) is 13.8. The van der Waals surface area contributed by atoms with Crippen LogP contribution in [-0.2, 0) is 19.6 Å². The summed E-state index contributed by atoms with van der Waals surface area (Å²) in [6.45, 7) is 6.85. The fraction of sp³-hybridized carbons (Fsp3) is 0.400. The summed E-state index contributed by atoms with van der Waals surface area (Å²) < 4.78 is 11.4. The summed E-state index contributed by atoms with van der Waals surface area (Å²) in [6.07, 6.45) is 0.849. The van der Waals surface area contributed by atoms with Crippen molar-refractivity contribution in [2.24, 2.45) is 5.73 Å². The lowest BCUT2D eigenvalue weighted by Gasteiger charge is -2.09. The smallest absolute Gasteiger partial charge is 0.146 e. The minimum Gasteiger partial charge on any atom is -0.484 e. The van der Waals surface area contributed by atoms with Crippen LogP contribution in [0, 0.1) is 13.8 Å². The van der Waals surface area contributed by atoms with Crippen LogP contribution in [0.3, 0.4) is 0 Å².